The third-order valence-electron chi connectivity index (χ3n) is 5.84. The van der Waals surface area contributed by atoms with Crippen LogP contribution in [0.4, 0.5) is 10.1 Å². The van der Waals surface area contributed by atoms with E-state index >= 15 is 0 Å². The largest absolute Gasteiger partial charge is 0.441 e. The van der Waals surface area contributed by atoms with Crippen LogP contribution in [0.25, 0.3) is 11.3 Å². The van der Waals surface area contributed by atoms with Crippen molar-refractivity contribution >= 4 is 21.6 Å². The minimum atomic E-state index is -3.55. The molecule has 1 aromatic heterocycles. The number of aryl methyl sites for hydroxylation is 1. The number of rotatable bonds is 8. The number of aromatic nitrogens is 1. The summed E-state index contributed by atoms with van der Waals surface area (Å²) in [6.07, 6.45) is 2.52. The minimum absolute atomic E-state index is 0.0984. The molecule has 0 N–H and O–H groups in total. The van der Waals surface area contributed by atoms with Crippen LogP contribution in [0.1, 0.15) is 31.7 Å². The van der Waals surface area contributed by atoms with Gasteiger partial charge in [-0.1, -0.05) is 26.0 Å². The van der Waals surface area contributed by atoms with Crippen LogP contribution in [0.15, 0.2) is 58.0 Å². The lowest BCUT2D eigenvalue weighted by Gasteiger charge is -2.20. The van der Waals surface area contributed by atoms with Gasteiger partial charge in [0.05, 0.1) is 16.7 Å². The van der Waals surface area contributed by atoms with Crippen LogP contribution in [0.2, 0.25) is 0 Å². The van der Waals surface area contributed by atoms with Crippen molar-refractivity contribution in [1.82, 2.24) is 9.29 Å². The molecule has 1 aliphatic heterocycles. The molecule has 0 spiro atoms. The number of fused-ring (bicyclic) bond motifs is 1. The Hall–Kier alpha value is -3.04. The van der Waals surface area contributed by atoms with Gasteiger partial charge in [0.15, 0.2) is 11.7 Å². The molecule has 7 nitrogen and oxygen atoms in total. The number of nitrogens with zero attached hydrogens (tertiary/aromatic N) is 3. The van der Waals surface area contributed by atoms with E-state index in [-0.39, 0.29) is 23.6 Å². The number of carbonyl (C=O) groups excluding carboxylic acids is 1. The molecule has 0 radical (unpaired) electrons. The maximum atomic E-state index is 13.9. The molecule has 0 saturated heterocycles. The van der Waals surface area contributed by atoms with Gasteiger partial charge >= 0.3 is 0 Å². The summed E-state index contributed by atoms with van der Waals surface area (Å²) in [5.74, 6) is 0.191. The van der Waals surface area contributed by atoms with E-state index in [1.807, 2.05) is 13.8 Å². The number of sulfonamides is 1. The van der Waals surface area contributed by atoms with E-state index in [1.165, 1.54) is 16.6 Å². The second-order valence-electron chi connectivity index (χ2n) is 7.77. The van der Waals surface area contributed by atoms with Crippen LogP contribution in [-0.2, 0) is 27.7 Å². The van der Waals surface area contributed by atoms with Crippen molar-refractivity contribution in [3.05, 3.63) is 65.9 Å². The zero-order valence-electron chi connectivity index (χ0n) is 18.6. The van der Waals surface area contributed by atoms with E-state index in [4.69, 9.17) is 4.42 Å². The minimum Gasteiger partial charge on any atom is -0.441 e. The van der Waals surface area contributed by atoms with Crippen molar-refractivity contribution < 1.29 is 22.0 Å². The SMILES string of the molecule is CCN(CC)S(=O)(=O)c1ccc2c(c1)CCN2C(=O)CCc1ncc(-c2ccccc2F)o1. The van der Waals surface area contributed by atoms with Crippen LogP contribution < -0.4 is 4.90 Å². The number of anilines is 1. The third-order valence-corrected chi connectivity index (χ3v) is 7.88. The standard InChI is InChI=1S/C24H26FN3O4S/c1-3-27(4-2)33(30,31)18-9-10-21-17(15-18)13-14-28(21)24(29)12-11-23-26-16-22(32-23)19-7-5-6-8-20(19)25/h5-10,15-16H,3-4,11-14H2,1-2H3. The molecule has 0 aliphatic carbocycles. The van der Waals surface area contributed by atoms with Crippen LogP contribution in [0.3, 0.4) is 0 Å². The van der Waals surface area contributed by atoms with Gasteiger partial charge in [-0.25, -0.2) is 17.8 Å². The summed E-state index contributed by atoms with van der Waals surface area (Å²) in [4.78, 5) is 19.0. The molecule has 1 amide bonds. The predicted molar refractivity (Wildman–Crippen MR) is 123 cm³/mol. The molecule has 0 bridgehead atoms. The first-order valence-electron chi connectivity index (χ1n) is 11.0. The van der Waals surface area contributed by atoms with E-state index in [9.17, 15) is 17.6 Å². The van der Waals surface area contributed by atoms with Gasteiger partial charge < -0.3 is 9.32 Å². The van der Waals surface area contributed by atoms with E-state index in [2.05, 4.69) is 4.98 Å². The highest BCUT2D eigenvalue weighted by Crippen LogP contribution is 2.32. The Bertz CT molecular complexity index is 1270. The van der Waals surface area contributed by atoms with Gasteiger partial charge in [-0.15, -0.1) is 0 Å². The van der Waals surface area contributed by atoms with Crippen molar-refractivity contribution in [3.63, 3.8) is 0 Å². The fourth-order valence-electron chi connectivity index (χ4n) is 4.07. The van der Waals surface area contributed by atoms with Gasteiger partial charge in [0.1, 0.15) is 5.82 Å². The smallest absolute Gasteiger partial charge is 0.243 e. The van der Waals surface area contributed by atoms with Crippen molar-refractivity contribution in [2.75, 3.05) is 24.5 Å². The highest BCUT2D eigenvalue weighted by molar-refractivity contribution is 7.89. The zero-order chi connectivity index (χ0) is 23.6. The van der Waals surface area contributed by atoms with Gasteiger partial charge in [0.2, 0.25) is 15.9 Å². The maximum absolute atomic E-state index is 13.9. The number of hydrogen-bond acceptors (Lipinski definition) is 5. The molecular weight excluding hydrogens is 445 g/mol. The van der Waals surface area contributed by atoms with Gasteiger partial charge in [0, 0.05) is 38.2 Å². The molecule has 2 heterocycles. The fourth-order valence-corrected chi connectivity index (χ4v) is 5.58. The van der Waals surface area contributed by atoms with Crippen molar-refractivity contribution in [2.24, 2.45) is 0 Å². The number of hydrogen-bond donors (Lipinski definition) is 0. The van der Waals surface area contributed by atoms with Crippen LogP contribution >= 0.6 is 0 Å². The highest BCUT2D eigenvalue weighted by Gasteiger charge is 2.28. The number of amides is 1. The van der Waals surface area contributed by atoms with Gasteiger partial charge in [-0.3, -0.25) is 4.79 Å². The Kier molecular flexibility index (Phi) is 6.62. The van der Waals surface area contributed by atoms with E-state index in [1.54, 1.807) is 41.3 Å². The van der Waals surface area contributed by atoms with Gasteiger partial charge in [0.25, 0.3) is 0 Å². The molecule has 2 aromatic carbocycles. The predicted octanol–water partition coefficient (Wildman–Crippen LogP) is 4.03. The Labute approximate surface area is 192 Å². The normalized spacial score (nSPS) is 13.5. The van der Waals surface area contributed by atoms with E-state index in [0.717, 1.165) is 11.3 Å². The fraction of sp³-hybridized carbons (Fsp3) is 0.333. The monoisotopic (exact) mass is 471 g/mol. The molecule has 4 rings (SSSR count). The Balaban J connectivity index is 1.44. The van der Waals surface area contributed by atoms with Crippen LogP contribution in [0, 0.1) is 5.82 Å². The first-order chi connectivity index (χ1) is 15.8. The highest BCUT2D eigenvalue weighted by atomic mass is 32.2. The Morgan fingerprint density at radius 1 is 1.18 bits per heavy atom. The van der Waals surface area contributed by atoms with Crippen molar-refractivity contribution in [3.8, 4) is 11.3 Å². The third kappa shape index (κ3) is 4.56. The Morgan fingerprint density at radius 2 is 1.94 bits per heavy atom. The summed E-state index contributed by atoms with van der Waals surface area (Å²) in [6, 6.07) is 11.2. The molecule has 0 unspecified atom stereocenters. The quantitative estimate of drug-likeness (QED) is 0.495. The lowest BCUT2D eigenvalue weighted by atomic mass is 10.2. The van der Waals surface area contributed by atoms with Crippen molar-refractivity contribution in [2.45, 2.75) is 38.0 Å². The summed E-state index contributed by atoms with van der Waals surface area (Å²) in [7, 11) is -3.55. The number of oxazole rings is 1. The number of halogens is 1. The second-order valence-corrected chi connectivity index (χ2v) is 9.71. The van der Waals surface area contributed by atoms with Crippen LogP contribution in [-0.4, -0.2) is 43.2 Å². The zero-order valence-corrected chi connectivity index (χ0v) is 19.4. The molecule has 174 valence electrons. The maximum Gasteiger partial charge on any atom is 0.243 e. The number of benzene rings is 2. The topological polar surface area (TPSA) is 83.7 Å². The molecule has 9 heteroatoms. The average molecular weight is 472 g/mol. The lowest BCUT2D eigenvalue weighted by molar-refractivity contribution is -0.118. The molecule has 0 atom stereocenters. The van der Waals surface area contributed by atoms with Crippen LogP contribution in [0.5, 0.6) is 0 Å². The lowest BCUT2D eigenvalue weighted by Crippen LogP contribution is -2.30. The first kappa shape index (κ1) is 23.1. The van der Waals surface area contributed by atoms with Gasteiger partial charge in [-0.2, -0.15) is 4.31 Å². The summed E-state index contributed by atoms with van der Waals surface area (Å²) in [6.45, 7) is 4.92. The first-order valence-corrected chi connectivity index (χ1v) is 12.4. The second kappa shape index (κ2) is 9.44. The summed E-state index contributed by atoms with van der Waals surface area (Å²) >= 11 is 0. The van der Waals surface area contributed by atoms with Crippen molar-refractivity contribution in [1.29, 1.82) is 0 Å². The average Bonchev–Trinajstić information content (AvgIpc) is 3.45. The van der Waals surface area contributed by atoms with E-state index in [0.29, 0.717) is 43.3 Å². The Morgan fingerprint density at radius 3 is 2.67 bits per heavy atom. The summed E-state index contributed by atoms with van der Waals surface area (Å²) < 4.78 is 46.6. The van der Waals surface area contributed by atoms with E-state index < -0.39 is 15.8 Å². The molecule has 0 saturated carbocycles. The molecule has 1 aliphatic rings. The molecule has 3 aromatic rings. The summed E-state index contributed by atoms with van der Waals surface area (Å²) in [5.41, 5.74) is 1.90. The molecular formula is C24H26FN3O4S. The molecule has 33 heavy (non-hydrogen) atoms. The number of carbonyl (C=O) groups is 1. The summed E-state index contributed by atoms with van der Waals surface area (Å²) in [5, 5.41) is 0. The van der Waals surface area contributed by atoms with Gasteiger partial charge in [-0.05, 0) is 42.3 Å². The molecule has 0 fully saturated rings.